The van der Waals surface area contributed by atoms with Gasteiger partial charge in [0.15, 0.2) is 16.2 Å². The zero-order chi connectivity index (χ0) is 42.1. The third kappa shape index (κ3) is 7.97. The van der Waals surface area contributed by atoms with Gasteiger partial charge in [-0.05, 0) is 78.2 Å². The van der Waals surface area contributed by atoms with Crippen molar-refractivity contribution < 1.29 is 46.6 Å². The van der Waals surface area contributed by atoms with E-state index in [4.69, 9.17) is 51.0 Å². The molecule has 0 unspecified atom stereocenters. The Balaban J connectivity index is 1.19. The summed E-state index contributed by atoms with van der Waals surface area (Å²) in [5.74, 6) is -1.52. The van der Waals surface area contributed by atoms with Crippen molar-refractivity contribution >= 4 is 86.9 Å². The van der Waals surface area contributed by atoms with Gasteiger partial charge in [0.25, 0.3) is 11.8 Å². The summed E-state index contributed by atoms with van der Waals surface area (Å²) in [6, 6.07) is 20.9. The number of urea groups is 1. The van der Waals surface area contributed by atoms with Gasteiger partial charge in [0.2, 0.25) is 23.1 Å². The van der Waals surface area contributed by atoms with Crippen molar-refractivity contribution in [3.8, 4) is 23.3 Å². The van der Waals surface area contributed by atoms with Crippen LogP contribution >= 0.6 is 23.2 Å². The molecular weight excluding hydrogens is 826 g/mol. The predicted molar refractivity (Wildman–Crippen MR) is 217 cm³/mol. The second-order valence-electron chi connectivity index (χ2n) is 13.0. The number of halogens is 3. The van der Waals surface area contributed by atoms with E-state index in [1.165, 1.54) is 62.8 Å². The number of ether oxygens (including phenoxy) is 4. The number of furan rings is 2. The summed E-state index contributed by atoms with van der Waals surface area (Å²) in [5.41, 5.74) is 1.66. The number of para-hydroxylation sites is 3. The number of aryl methyl sites for hydroxylation is 1. The van der Waals surface area contributed by atoms with Gasteiger partial charge in [-0.3, -0.25) is 0 Å². The van der Waals surface area contributed by atoms with Crippen molar-refractivity contribution in [2.24, 2.45) is 0 Å². The number of carbonyl (C=O) groups excluding carboxylic acids is 3. The molecule has 4 amide bonds. The Kier molecular flexibility index (Phi) is 11.0. The molecule has 60 heavy (non-hydrogen) atoms. The van der Waals surface area contributed by atoms with Gasteiger partial charge >= 0.3 is 18.2 Å². The largest absolute Gasteiger partial charge is 0.478 e. The average molecular weight is 858 g/mol. The monoisotopic (exact) mass is 856 g/mol. The number of rotatable bonds is 8. The van der Waals surface area contributed by atoms with Crippen LogP contribution in [0.2, 0.25) is 10.4 Å². The van der Waals surface area contributed by atoms with E-state index in [1.54, 1.807) is 42.2 Å². The van der Waals surface area contributed by atoms with Crippen molar-refractivity contribution in [3.05, 3.63) is 107 Å². The molecule has 0 radical (unpaired) electrons. The van der Waals surface area contributed by atoms with Crippen LogP contribution < -0.4 is 33.6 Å². The molecule has 0 saturated carbocycles. The standard InChI is InChI=1S/C40H31Cl2FN8O9/c1-22-17-23(43)19-24(18-22)48-13-15-49(16-14-48)38(52)50(32-36(55-2)46-34-26(44-32)20-30(41)59-34)28-11-7-8-12-29(28)58-40(54)51(39(53)57-25-9-5-4-6-10-25)33-37(56-3)47-35-27(45-33)21-31(42)60-35/h4-12,17-21H,13-16H2,1-3H3. The number of piperazine rings is 1. The van der Waals surface area contributed by atoms with E-state index in [1.807, 2.05) is 11.0 Å². The maximum Gasteiger partial charge on any atom is 0.431 e. The molecule has 3 aromatic carbocycles. The Morgan fingerprint density at radius 2 is 1.30 bits per heavy atom. The van der Waals surface area contributed by atoms with Crippen LogP contribution in [-0.2, 0) is 0 Å². The highest BCUT2D eigenvalue weighted by atomic mass is 35.5. The molecule has 5 heterocycles. The Morgan fingerprint density at radius 3 is 1.93 bits per heavy atom. The number of aromatic nitrogens is 4. The van der Waals surface area contributed by atoms with E-state index in [0.29, 0.717) is 23.7 Å². The van der Waals surface area contributed by atoms with Crippen LogP contribution in [0.1, 0.15) is 5.56 Å². The molecule has 7 aromatic rings. The molecule has 1 fully saturated rings. The molecule has 0 spiro atoms. The summed E-state index contributed by atoms with van der Waals surface area (Å²) in [6.07, 6.45) is -2.59. The second-order valence-corrected chi connectivity index (χ2v) is 13.8. The molecule has 8 rings (SSSR count). The van der Waals surface area contributed by atoms with Crippen molar-refractivity contribution in [3.63, 3.8) is 0 Å². The molecule has 306 valence electrons. The SMILES string of the molecule is COc1nc2oc(Cl)cc2nc1N(C(=O)Oc1ccccc1)C(=O)Oc1ccccc1N(C(=O)N1CCN(c2cc(C)cc(F)c2)CC1)c1nc2cc(Cl)oc2nc1OC. The first kappa shape index (κ1) is 39.6. The van der Waals surface area contributed by atoms with E-state index >= 15 is 0 Å². The maximum absolute atomic E-state index is 14.9. The third-order valence-corrected chi connectivity index (χ3v) is 9.50. The third-order valence-electron chi connectivity index (χ3n) is 9.13. The number of anilines is 4. The Labute approximate surface area is 349 Å². The molecule has 0 aliphatic carbocycles. The number of fused-ring (bicyclic) bond motifs is 2. The molecule has 1 aliphatic heterocycles. The number of imide groups is 1. The Hall–Kier alpha value is -7.18. The number of nitrogens with zero attached hydrogens (tertiary/aromatic N) is 8. The Bertz CT molecular complexity index is 2740. The minimum Gasteiger partial charge on any atom is -0.478 e. The van der Waals surface area contributed by atoms with E-state index in [2.05, 4.69) is 19.9 Å². The summed E-state index contributed by atoms with van der Waals surface area (Å²) in [7, 11) is 2.57. The van der Waals surface area contributed by atoms with Gasteiger partial charge in [-0.2, -0.15) is 14.9 Å². The molecule has 0 N–H and O–H groups in total. The highest BCUT2D eigenvalue weighted by Crippen LogP contribution is 2.40. The number of amides is 4. The highest BCUT2D eigenvalue weighted by molar-refractivity contribution is 6.30. The van der Waals surface area contributed by atoms with Crippen molar-refractivity contribution in [2.45, 2.75) is 6.92 Å². The van der Waals surface area contributed by atoms with Gasteiger partial charge in [0.05, 0.1) is 19.9 Å². The van der Waals surface area contributed by atoms with E-state index in [0.717, 1.165) is 10.5 Å². The minimum atomic E-state index is -1.34. The summed E-state index contributed by atoms with van der Waals surface area (Å²) in [5, 5.41) is -0.0826. The lowest BCUT2D eigenvalue weighted by Gasteiger charge is -2.38. The fourth-order valence-electron chi connectivity index (χ4n) is 6.44. The van der Waals surface area contributed by atoms with Crippen molar-refractivity contribution in [2.75, 3.05) is 55.1 Å². The van der Waals surface area contributed by atoms with Gasteiger partial charge in [0.1, 0.15) is 22.6 Å². The van der Waals surface area contributed by atoms with Gasteiger partial charge in [-0.15, -0.1) is 0 Å². The molecule has 1 saturated heterocycles. The molecule has 0 bridgehead atoms. The second kappa shape index (κ2) is 16.6. The molecule has 20 heteroatoms. The summed E-state index contributed by atoms with van der Waals surface area (Å²) >= 11 is 12.2. The van der Waals surface area contributed by atoms with Crippen molar-refractivity contribution in [1.29, 1.82) is 0 Å². The van der Waals surface area contributed by atoms with Crippen LogP contribution in [-0.4, -0.2) is 83.5 Å². The maximum atomic E-state index is 14.9. The topological polar surface area (TPSA) is 179 Å². The smallest absolute Gasteiger partial charge is 0.431 e. The zero-order valence-corrected chi connectivity index (χ0v) is 33.3. The molecule has 17 nitrogen and oxygen atoms in total. The van der Waals surface area contributed by atoms with Crippen LogP contribution in [0.4, 0.5) is 41.8 Å². The van der Waals surface area contributed by atoms with E-state index in [-0.39, 0.29) is 86.6 Å². The lowest BCUT2D eigenvalue weighted by molar-refractivity contribution is 0.189. The lowest BCUT2D eigenvalue weighted by Crippen LogP contribution is -2.52. The summed E-state index contributed by atoms with van der Waals surface area (Å²) < 4.78 is 47.7. The first-order chi connectivity index (χ1) is 29.0. The number of hydrogen-bond donors (Lipinski definition) is 0. The number of carbonyl (C=O) groups is 3. The quantitative estimate of drug-likeness (QED) is 0.141. The fraction of sp³-hybridized carbons (Fsp3) is 0.175. The van der Waals surface area contributed by atoms with Gasteiger partial charge in [-0.25, -0.2) is 33.6 Å². The summed E-state index contributed by atoms with van der Waals surface area (Å²) in [4.78, 5) is 66.1. The van der Waals surface area contributed by atoms with Crippen molar-refractivity contribution in [1.82, 2.24) is 24.8 Å². The van der Waals surface area contributed by atoms with E-state index < -0.39 is 24.0 Å². The number of benzene rings is 3. The number of methoxy groups -OCH3 is 2. The molecule has 0 atom stereocenters. The first-order valence-electron chi connectivity index (χ1n) is 18.0. The fourth-order valence-corrected chi connectivity index (χ4v) is 6.79. The molecular formula is C40H31Cl2FN8O9. The average Bonchev–Trinajstić information content (AvgIpc) is 3.80. The van der Waals surface area contributed by atoms with Gasteiger partial charge in [-0.1, -0.05) is 30.3 Å². The zero-order valence-electron chi connectivity index (χ0n) is 31.8. The van der Waals surface area contributed by atoms with E-state index in [9.17, 15) is 18.8 Å². The Morgan fingerprint density at radius 1 is 0.717 bits per heavy atom. The molecule has 1 aliphatic rings. The predicted octanol–water partition coefficient (Wildman–Crippen LogP) is 8.82. The minimum absolute atomic E-state index is 0.0167. The first-order valence-corrected chi connectivity index (χ1v) is 18.8. The van der Waals surface area contributed by atoms with Crippen LogP contribution in [0.25, 0.3) is 22.5 Å². The van der Waals surface area contributed by atoms with Crippen LogP contribution in [0.5, 0.6) is 23.3 Å². The lowest BCUT2D eigenvalue weighted by atomic mass is 10.2. The molecule has 4 aromatic heterocycles. The van der Waals surface area contributed by atoms with Gasteiger partial charge in [0, 0.05) is 44.0 Å². The summed E-state index contributed by atoms with van der Waals surface area (Å²) in [6.45, 7) is 2.90. The van der Waals surface area contributed by atoms with Crippen LogP contribution in [0, 0.1) is 12.7 Å². The normalized spacial score (nSPS) is 12.7. The van der Waals surface area contributed by atoms with Gasteiger partial charge < -0.3 is 37.6 Å². The highest BCUT2D eigenvalue weighted by Gasteiger charge is 2.37. The van der Waals surface area contributed by atoms with Crippen LogP contribution in [0.15, 0.2) is 93.8 Å². The van der Waals surface area contributed by atoms with Crippen LogP contribution in [0.3, 0.4) is 0 Å². The number of hydrogen-bond acceptors (Lipinski definition) is 14.